The van der Waals surface area contributed by atoms with Crippen LogP contribution >= 0.6 is 0 Å². The summed E-state index contributed by atoms with van der Waals surface area (Å²) in [6, 6.07) is 8.81. The second kappa shape index (κ2) is 5.00. The van der Waals surface area contributed by atoms with Crippen LogP contribution in [-0.4, -0.2) is 0 Å². The molecule has 1 nitrogen and oxygen atoms in total. The van der Waals surface area contributed by atoms with Gasteiger partial charge in [-0.3, -0.25) is 0 Å². The summed E-state index contributed by atoms with van der Waals surface area (Å²) in [5, 5.41) is 0. The van der Waals surface area contributed by atoms with Gasteiger partial charge in [-0.25, -0.2) is 0 Å². The minimum atomic E-state index is 0. The molecule has 0 aliphatic heterocycles. The quantitative estimate of drug-likeness (QED) is 0.692. The predicted octanol–water partition coefficient (Wildman–Crippen LogP) is 1.25. The van der Waals surface area contributed by atoms with Gasteiger partial charge in [-0.1, -0.05) is 6.92 Å². The normalized spacial score (nSPS) is 8.60. The van der Waals surface area contributed by atoms with Gasteiger partial charge in [-0.05, 0) is 6.54 Å². The van der Waals surface area contributed by atoms with E-state index in [0.717, 1.165) is 0 Å². The standard InChI is InChI=1S/C8H10N.Y/c1-7-4-2-3-5-8(7)6-9;/h3-5H,6,9H2,1H3;/q-1;. The van der Waals surface area contributed by atoms with E-state index < -0.39 is 0 Å². The average molecular weight is 209 g/mol. The summed E-state index contributed by atoms with van der Waals surface area (Å²) in [5.74, 6) is 0. The Hall–Kier alpha value is 0.284. The van der Waals surface area contributed by atoms with Gasteiger partial charge in [0, 0.05) is 32.7 Å². The Morgan fingerprint density at radius 3 is 2.70 bits per heavy atom. The molecule has 51 valence electrons. The zero-order valence-electron chi connectivity index (χ0n) is 6.09. The van der Waals surface area contributed by atoms with E-state index in [-0.39, 0.29) is 32.7 Å². The molecular weight excluding hydrogens is 199 g/mol. The topological polar surface area (TPSA) is 26.0 Å². The van der Waals surface area contributed by atoms with Gasteiger partial charge >= 0.3 is 0 Å². The summed E-state index contributed by atoms with van der Waals surface area (Å²) in [6.45, 7) is 2.67. The predicted molar refractivity (Wildman–Crippen MR) is 37.9 cm³/mol. The van der Waals surface area contributed by atoms with Crippen LogP contribution in [-0.2, 0) is 39.3 Å². The number of hydrogen-bond acceptors (Lipinski definition) is 1. The van der Waals surface area contributed by atoms with E-state index in [1.807, 2.05) is 25.1 Å². The van der Waals surface area contributed by atoms with E-state index in [1.165, 1.54) is 11.1 Å². The summed E-state index contributed by atoms with van der Waals surface area (Å²) in [4.78, 5) is 0. The Morgan fingerprint density at radius 2 is 2.30 bits per heavy atom. The molecule has 0 spiro atoms. The molecule has 0 fully saturated rings. The molecule has 0 aromatic heterocycles. The maximum Gasteiger partial charge on any atom is 0 e. The number of benzene rings is 1. The fraction of sp³-hybridized carbons (Fsp3) is 0.250. The molecule has 0 amide bonds. The van der Waals surface area contributed by atoms with Crippen molar-refractivity contribution in [3.8, 4) is 0 Å². The number of nitrogens with two attached hydrogens (primary N) is 1. The van der Waals surface area contributed by atoms with Gasteiger partial charge in [0.2, 0.25) is 0 Å². The first kappa shape index (κ1) is 10.3. The number of hydrogen-bond donors (Lipinski definition) is 1. The Bertz CT molecular complexity index is 198. The van der Waals surface area contributed by atoms with Crippen molar-refractivity contribution in [3.63, 3.8) is 0 Å². The van der Waals surface area contributed by atoms with Crippen LogP contribution in [0.5, 0.6) is 0 Å². The Balaban J connectivity index is 0.000000810. The van der Waals surface area contributed by atoms with Gasteiger partial charge in [0.1, 0.15) is 0 Å². The van der Waals surface area contributed by atoms with Gasteiger partial charge in [0.05, 0.1) is 0 Å². The third kappa shape index (κ3) is 2.49. The summed E-state index contributed by atoms with van der Waals surface area (Å²) in [7, 11) is 0. The summed E-state index contributed by atoms with van der Waals surface area (Å²) in [5.41, 5.74) is 7.86. The molecule has 1 radical (unpaired) electrons. The van der Waals surface area contributed by atoms with Crippen molar-refractivity contribution in [2.75, 3.05) is 0 Å². The van der Waals surface area contributed by atoms with Crippen molar-refractivity contribution < 1.29 is 32.7 Å². The minimum Gasteiger partial charge on any atom is -0.328 e. The van der Waals surface area contributed by atoms with Crippen molar-refractivity contribution in [2.45, 2.75) is 13.5 Å². The van der Waals surface area contributed by atoms with Crippen LogP contribution in [0.25, 0.3) is 0 Å². The third-order valence-electron chi connectivity index (χ3n) is 1.41. The smallest absolute Gasteiger partial charge is 0 e. The fourth-order valence-electron chi connectivity index (χ4n) is 0.775. The molecule has 0 saturated heterocycles. The molecule has 1 aromatic rings. The van der Waals surface area contributed by atoms with Crippen molar-refractivity contribution >= 4 is 0 Å². The van der Waals surface area contributed by atoms with Crippen LogP contribution in [0.15, 0.2) is 18.2 Å². The Labute approximate surface area is 86.9 Å². The molecule has 0 atom stereocenters. The molecule has 2 N–H and O–H groups in total. The van der Waals surface area contributed by atoms with Crippen molar-refractivity contribution in [1.82, 2.24) is 0 Å². The number of aryl methyl sites for hydroxylation is 1. The van der Waals surface area contributed by atoms with Gasteiger partial charge in [0.15, 0.2) is 0 Å². The largest absolute Gasteiger partial charge is 0.328 e. The van der Waals surface area contributed by atoms with Crippen LogP contribution in [0.3, 0.4) is 0 Å². The van der Waals surface area contributed by atoms with Gasteiger partial charge < -0.3 is 5.73 Å². The Morgan fingerprint density at radius 1 is 1.60 bits per heavy atom. The molecule has 0 aliphatic carbocycles. The van der Waals surface area contributed by atoms with Crippen molar-refractivity contribution in [3.05, 3.63) is 35.4 Å². The first-order valence-electron chi connectivity index (χ1n) is 3.00. The van der Waals surface area contributed by atoms with E-state index >= 15 is 0 Å². The molecule has 10 heavy (non-hydrogen) atoms. The molecule has 0 bridgehead atoms. The first-order valence-corrected chi connectivity index (χ1v) is 3.00. The van der Waals surface area contributed by atoms with Crippen molar-refractivity contribution in [1.29, 1.82) is 0 Å². The van der Waals surface area contributed by atoms with Gasteiger partial charge in [-0.15, -0.1) is 5.56 Å². The van der Waals surface area contributed by atoms with Crippen molar-refractivity contribution in [2.24, 2.45) is 5.73 Å². The second-order valence-corrected chi connectivity index (χ2v) is 2.06. The molecule has 2 heteroatoms. The molecule has 0 heterocycles. The summed E-state index contributed by atoms with van der Waals surface area (Å²) in [6.07, 6.45) is 0. The third-order valence-corrected chi connectivity index (χ3v) is 1.41. The van der Waals surface area contributed by atoms with Gasteiger partial charge in [-0.2, -0.15) is 29.8 Å². The molecule has 0 aliphatic rings. The number of rotatable bonds is 1. The average Bonchev–Trinajstić information content (AvgIpc) is 1.89. The molecule has 0 saturated carbocycles. The maximum atomic E-state index is 5.44. The van der Waals surface area contributed by atoms with E-state index in [9.17, 15) is 0 Å². The minimum absolute atomic E-state index is 0. The first-order chi connectivity index (χ1) is 4.34. The summed E-state index contributed by atoms with van der Waals surface area (Å²) >= 11 is 0. The van der Waals surface area contributed by atoms with Crippen LogP contribution in [0.2, 0.25) is 0 Å². The Kier molecular flexibility index (Phi) is 5.15. The zero-order chi connectivity index (χ0) is 6.69. The van der Waals surface area contributed by atoms with Crippen LogP contribution in [0, 0.1) is 13.0 Å². The van der Waals surface area contributed by atoms with Crippen LogP contribution < -0.4 is 5.73 Å². The zero-order valence-corrected chi connectivity index (χ0v) is 8.93. The van der Waals surface area contributed by atoms with E-state index in [2.05, 4.69) is 6.07 Å². The van der Waals surface area contributed by atoms with Gasteiger partial charge in [0.25, 0.3) is 0 Å². The van der Waals surface area contributed by atoms with E-state index in [1.54, 1.807) is 0 Å². The summed E-state index contributed by atoms with van der Waals surface area (Å²) < 4.78 is 0. The molecule has 0 unspecified atom stereocenters. The SMILES string of the molecule is Cc1c[c-]ccc1CN.[Y]. The molecule has 1 rings (SSSR count). The van der Waals surface area contributed by atoms with E-state index in [0.29, 0.717) is 6.54 Å². The monoisotopic (exact) mass is 209 g/mol. The fourth-order valence-corrected chi connectivity index (χ4v) is 0.775. The van der Waals surface area contributed by atoms with Crippen LogP contribution in [0.1, 0.15) is 11.1 Å². The second-order valence-electron chi connectivity index (χ2n) is 2.06. The molecule has 1 aromatic carbocycles. The molecular formula is C8H10NY-. The van der Waals surface area contributed by atoms with E-state index in [4.69, 9.17) is 5.73 Å². The van der Waals surface area contributed by atoms with Crippen LogP contribution in [0.4, 0.5) is 0 Å². The maximum absolute atomic E-state index is 5.44.